The van der Waals surface area contributed by atoms with Gasteiger partial charge in [-0.05, 0) is 47.4 Å². The van der Waals surface area contributed by atoms with Gasteiger partial charge in [0.2, 0.25) is 5.91 Å². The van der Waals surface area contributed by atoms with E-state index in [4.69, 9.17) is 6.42 Å². The molecule has 1 atom stereocenters. The van der Waals surface area contributed by atoms with E-state index in [0.717, 1.165) is 58.5 Å². The van der Waals surface area contributed by atoms with Crippen molar-refractivity contribution in [3.63, 3.8) is 0 Å². The minimum Gasteiger partial charge on any atom is -0.339 e. The molecule has 6 heteroatoms. The van der Waals surface area contributed by atoms with Crippen molar-refractivity contribution < 1.29 is 4.79 Å². The number of thiophene rings is 1. The third-order valence-corrected chi connectivity index (χ3v) is 6.49. The Labute approximate surface area is 156 Å². The maximum atomic E-state index is 12.9. The Morgan fingerprint density at radius 3 is 2.71 bits per heavy atom. The fourth-order valence-electron chi connectivity index (χ4n) is 3.57. The SMILES string of the molecule is C#CCN1CCCCC1C(=O)N1CCN(Cc2ccc(Br)s2)CC1. The average molecular weight is 410 g/mol. The van der Waals surface area contributed by atoms with Crippen LogP contribution in [0.3, 0.4) is 0 Å². The molecular weight excluding hydrogens is 386 g/mol. The first kappa shape index (κ1) is 17.9. The van der Waals surface area contributed by atoms with Gasteiger partial charge in [0.15, 0.2) is 0 Å². The van der Waals surface area contributed by atoms with Crippen molar-refractivity contribution in [2.75, 3.05) is 39.3 Å². The van der Waals surface area contributed by atoms with Crippen LogP contribution in [0.25, 0.3) is 0 Å². The predicted molar refractivity (Wildman–Crippen MR) is 102 cm³/mol. The second-order valence-corrected chi connectivity index (χ2v) is 9.04. The monoisotopic (exact) mass is 409 g/mol. The molecule has 0 saturated carbocycles. The Balaban J connectivity index is 1.52. The predicted octanol–water partition coefficient (Wildman–Crippen LogP) is 2.64. The van der Waals surface area contributed by atoms with E-state index in [9.17, 15) is 4.79 Å². The fraction of sp³-hybridized carbons (Fsp3) is 0.611. The fourth-order valence-corrected chi connectivity index (χ4v) is 5.10. The molecule has 2 fully saturated rings. The Morgan fingerprint density at radius 2 is 2.04 bits per heavy atom. The zero-order valence-corrected chi connectivity index (χ0v) is 16.3. The van der Waals surface area contributed by atoms with Crippen molar-refractivity contribution >= 4 is 33.2 Å². The van der Waals surface area contributed by atoms with Gasteiger partial charge >= 0.3 is 0 Å². The topological polar surface area (TPSA) is 26.8 Å². The van der Waals surface area contributed by atoms with Gasteiger partial charge in [-0.15, -0.1) is 17.8 Å². The summed E-state index contributed by atoms with van der Waals surface area (Å²) in [6.07, 6.45) is 8.69. The van der Waals surface area contributed by atoms with Crippen LogP contribution in [-0.4, -0.2) is 65.9 Å². The lowest BCUT2D eigenvalue weighted by Gasteiger charge is -2.40. The largest absolute Gasteiger partial charge is 0.339 e. The van der Waals surface area contributed by atoms with Gasteiger partial charge in [-0.3, -0.25) is 14.6 Å². The highest BCUT2D eigenvalue weighted by Gasteiger charge is 2.32. The summed E-state index contributed by atoms with van der Waals surface area (Å²) in [6.45, 7) is 6.06. The summed E-state index contributed by atoms with van der Waals surface area (Å²) in [7, 11) is 0. The molecule has 0 N–H and O–H groups in total. The number of hydrogen-bond donors (Lipinski definition) is 0. The zero-order chi connectivity index (χ0) is 16.9. The van der Waals surface area contributed by atoms with Gasteiger partial charge in [0.05, 0.1) is 16.4 Å². The van der Waals surface area contributed by atoms with Crippen molar-refractivity contribution in [1.82, 2.24) is 14.7 Å². The molecule has 0 aromatic carbocycles. The molecule has 2 aliphatic rings. The maximum Gasteiger partial charge on any atom is 0.240 e. The zero-order valence-electron chi connectivity index (χ0n) is 13.9. The third-order valence-electron chi connectivity index (χ3n) is 4.89. The number of likely N-dealkylation sites (tertiary alicyclic amines) is 1. The van der Waals surface area contributed by atoms with Crippen LogP contribution in [-0.2, 0) is 11.3 Å². The number of halogens is 1. The molecule has 0 bridgehead atoms. The number of carbonyl (C=O) groups is 1. The van der Waals surface area contributed by atoms with E-state index < -0.39 is 0 Å². The lowest BCUT2D eigenvalue weighted by molar-refractivity contribution is -0.139. The Hall–Kier alpha value is -0.870. The number of hydrogen-bond acceptors (Lipinski definition) is 4. The lowest BCUT2D eigenvalue weighted by Crippen LogP contribution is -2.55. The third kappa shape index (κ3) is 4.40. The molecule has 2 saturated heterocycles. The molecule has 0 aliphatic carbocycles. The summed E-state index contributed by atoms with van der Waals surface area (Å²) in [5.41, 5.74) is 0. The van der Waals surface area contributed by atoms with Crippen LogP contribution in [0.5, 0.6) is 0 Å². The Morgan fingerprint density at radius 1 is 1.25 bits per heavy atom. The second-order valence-electron chi connectivity index (χ2n) is 6.49. The number of rotatable bonds is 4. The first-order chi connectivity index (χ1) is 11.7. The summed E-state index contributed by atoms with van der Waals surface area (Å²) < 4.78 is 1.18. The van der Waals surface area contributed by atoms with Crippen LogP contribution in [0.15, 0.2) is 15.9 Å². The summed E-state index contributed by atoms with van der Waals surface area (Å²) in [5, 5.41) is 0. The summed E-state index contributed by atoms with van der Waals surface area (Å²) in [5.74, 6) is 2.99. The molecule has 1 aromatic heterocycles. The summed E-state index contributed by atoms with van der Waals surface area (Å²) in [6, 6.07) is 4.27. The Kier molecular flexibility index (Phi) is 6.34. The van der Waals surface area contributed by atoms with Crippen molar-refractivity contribution in [3.05, 3.63) is 20.8 Å². The lowest BCUT2D eigenvalue weighted by atomic mass is 10.0. The molecule has 1 unspecified atom stereocenters. The van der Waals surface area contributed by atoms with Gasteiger partial charge in [-0.2, -0.15) is 0 Å². The highest BCUT2D eigenvalue weighted by atomic mass is 79.9. The molecule has 0 spiro atoms. The van der Waals surface area contributed by atoms with E-state index in [1.807, 2.05) is 4.90 Å². The molecule has 3 rings (SSSR count). The van der Waals surface area contributed by atoms with Gasteiger partial charge in [-0.1, -0.05) is 12.3 Å². The average Bonchev–Trinajstić information content (AvgIpc) is 3.01. The smallest absolute Gasteiger partial charge is 0.240 e. The summed E-state index contributed by atoms with van der Waals surface area (Å²) in [4.78, 5) is 20.9. The highest BCUT2D eigenvalue weighted by molar-refractivity contribution is 9.11. The van der Waals surface area contributed by atoms with Crippen LogP contribution in [0.4, 0.5) is 0 Å². The standard InChI is InChI=1S/C18H24BrN3OS/c1-2-8-21-9-4-3-5-16(21)18(23)22-12-10-20(11-13-22)14-15-6-7-17(19)24-15/h1,6-7,16H,3-5,8-14H2. The van der Waals surface area contributed by atoms with Crippen molar-refractivity contribution in [2.45, 2.75) is 31.8 Å². The van der Waals surface area contributed by atoms with Crippen LogP contribution in [0.1, 0.15) is 24.1 Å². The number of nitrogens with zero attached hydrogens (tertiary/aromatic N) is 3. The number of piperidine rings is 1. The minimum absolute atomic E-state index is 0.00500. The van der Waals surface area contributed by atoms with E-state index in [0.29, 0.717) is 6.54 Å². The molecule has 3 heterocycles. The molecule has 0 radical (unpaired) electrons. The molecular formula is C18H24BrN3OS. The van der Waals surface area contributed by atoms with Gasteiger partial charge in [0.1, 0.15) is 0 Å². The summed E-state index contributed by atoms with van der Waals surface area (Å²) >= 11 is 5.30. The minimum atomic E-state index is -0.00500. The molecule has 4 nitrogen and oxygen atoms in total. The maximum absolute atomic E-state index is 12.9. The van der Waals surface area contributed by atoms with E-state index in [1.54, 1.807) is 11.3 Å². The van der Waals surface area contributed by atoms with Gasteiger partial charge in [0, 0.05) is 37.6 Å². The van der Waals surface area contributed by atoms with Crippen molar-refractivity contribution in [3.8, 4) is 12.3 Å². The molecule has 1 aromatic rings. The first-order valence-corrected chi connectivity index (χ1v) is 10.2. The van der Waals surface area contributed by atoms with Crippen molar-refractivity contribution in [2.24, 2.45) is 0 Å². The number of piperazine rings is 1. The van der Waals surface area contributed by atoms with Gasteiger partial charge in [0.25, 0.3) is 0 Å². The number of terminal acetylenes is 1. The Bertz CT molecular complexity index is 604. The van der Waals surface area contributed by atoms with Gasteiger partial charge < -0.3 is 4.90 Å². The number of carbonyl (C=O) groups excluding carboxylic acids is 1. The molecule has 1 amide bonds. The van der Waals surface area contributed by atoms with E-state index in [1.165, 1.54) is 8.66 Å². The van der Waals surface area contributed by atoms with Crippen LogP contribution >= 0.6 is 27.3 Å². The van der Waals surface area contributed by atoms with E-state index in [-0.39, 0.29) is 11.9 Å². The number of amides is 1. The molecule has 24 heavy (non-hydrogen) atoms. The van der Waals surface area contributed by atoms with Crippen LogP contribution in [0.2, 0.25) is 0 Å². The van der Waals surface area contributed by atoms with Crippen LogP contribution < -0.4 is 0 Å². The molecule has 130 valence electrons. The van der Waals surface area contributed by atoms with E-state index in [2.05, 4.69) is 43.8 Å². The van der Waals surface area contributed by atoms with Crippen LogP contribution in [0, 0.1) is 12.3 Å². The first-order valence-electron chi connectivity index (χ1n) is 8.60. The molecule has 2 aliphatic heterocycles. The normalized spacial score (nSPS) is 23.2. The van der Waals surface area contributed by atoms with E-state index >= 15 is 0 Å². The highest BCUT2D eigenvalue weighted by Crippen LogP contribution is 2.24. The second kappa shape index (κ2) is 8.48. The quantitative estimate of drug-likeness (QED) is 0.715. The van der Waals surface area contributed by atoms with Crippen molar-refractivity contribution in [1.29, 1.82) is 0 Å². The van der Waals surface area contributed by atoms with Gasteiger partial charge in [-0.25, -0.2) is 0 Å².